The van der Waals surface area contributed by atoms with Crippen LogP contribution in [0.1, 0.15) is 30.4 Å². The highest BCUT2D eigenvalue weighted by Crippen LogP contribution is 2.21. The first-order chi connectivity index (χ1) is 11.2. The summed E-state index contributed by atoms with van der Waals surface area (Å²) in [7, 11) is 0. The number of nitrogens with one attached hydrogen (secondary N) is 1. The van der Waals surface area contributed by atoms with Crippen molar-refractivity contribution in [2.24, 2.45) is 0 Å². The zero-order valence-corrected chi connectivity index (χ0v) is 13.4. The molecule has 116 valence electrons. The number of aromatic amines is 1. The fraction of sp³-hybridized carbons (Fsp3) is 0.278. The van der Waals surface area contributed by atoms with E-state index in [-0.39, 0.29) is 0 Å². The molecule has 4 aromatic rings. The molecule has 0 bridgehead atoms. The van der Waals surface area contributed by atoms with Crippen molar-refractivity contribution in [2.45, 2.75) is 32.7 Å². The van der Waals surface area contributed by atoms with Gasteiger partial charge in [-0.05, 0) is 31.0 Å². The van der Waals surface area contributed by atoms with E-state index in [4.69, 9.17) is 0 Å². The first kappa shape index (κ1) is 13.9. The van der Waals surface area contributed by atoms with E-state index >= 15 is 0 Å². The second kappa shape index (κ2) is 5.50. The molecule has 0 saturated heterocycles. The third-order valence-corrected chi connectivity index (χ3v) is 4.54. The van der Waals surface area contributed by atoms with Gasteiger partial charge in [-0.25, -0.2) is 9.55 Å². The molecule has 5 heteroatoms. The number of H-pyrrole nitrogens is 1. The lowest BCUT2D eigenvalue weighted by Gasteiger charge is -2.13. The molecule has 23 heavy (non-hydrogen) atoms. The Morgan fingerprint density at radius 3 is 3.09 bits per heavy atom. The predicted molar refractivity (Wildman–Crippen MR) is 89.2 cm³/mol. The smallest absolute Gasteiger partial charge is 0.179 e. The molecule has 1 unspecified atom stereocenters. The van der Waals surface area contributed by atoms with Gasteiger partial charge in [0.25, 0.3) is 0 Å². The number of pyridine rings is 2. The quantitative estimate of drug-likeness (QED) is 0.589. The number of imidazole rings is 1. The largest absolute Gasteiger partial charge is 0.307 e. The molecule has 0 aromatic carbocycles. The van der Waals surface area contributed by atoms with Crippen LogP contribution in [0.4, 0.5) is 0 Å². The van der Waals surface area contributed by atoms with E-state index in [9.17, 15) is 0 Å². The maximum atomic E-state index is 4.39. The molecule has 0 spiro atoms. The Morgan fingerprint density at radius 2 is 2.22 bits per heavy atom. The summed E-state index contributed by atoms with van der Waals surface area (Å²) in [5.74, 6) is 0.463. The molecule has 0 radical (unpaired) electrons. The molecule has 5 nitrogen and oxygen atoms in total. The van der Waals surface area contributed by atoms with Crippen molar-refractivity contribution in [2.75, 3.05) is 0 Å². The van der Waals surface area contributed by atoms with Crippen LogP contribution in [0.5, 0.6) is 0 Å². The number of nitrogens with zero attached hydrogens (tertiary/aromatic N) is 4. The minimum Gasteiger partial charge on any atom is -0.307 e. The number of hydrogen-bond acceptors (Lipinski definition) is 2. The highest BCUT2D eigenvalue weighted by atomic mass is 15.1. The molecule has 0 fully saturated rings. The first-order valence-electron chi connectivity index (χ1n) is 8.00. The van der Waals surface area contributed by atoms with Crippen LogP contribution >= 0.6 is 0 Å². The van der Waals surface area contributed by atoms with E-state index in [1.165, 1.54) is 11.1 Å². The van der Waals surface area contributed by atoms with Crippen molar-refractivity contribution in [3.63, 3.8) is 0 Å². The molecule has 0 aliphatic carbocycles. The van der Waals surface area contributed by atoms with E-state index in [0.717, 1.165) is 29.5 Å². The summed E-state index contributed by atoms with van der Waals surface area (Å²) in [5.41, 5.74) is 4.68. The van der Waals surface area contributed by atoms with Crippen LogP contribution in [0.3, 0.4) is 0 Å². The topological polar surface area (TPSA) is 49.9 Å². The number of aryl methyl sites for hydroxylation is 1. The monoisotopic (exact) mass is 306 g/mol. The van der Waals surface area contributed by atoms with Gasteiger partial charge in [0.2, 0.25) is 0 Å². The summed E-state index contributed by atoms with van der Waals surface area (Å²) in [6.07, 6.45) is 13.2. The van der Waals surface area contributed by atoms with Crippen LogP contribution in [0.25, 0.3) is 16.6 Å². The van der Waals surface area contributed by atoms with Crippen LogP contribution in [0.2, 0.25) is 0 Å². The van der Waals surface area contributed by atoms with Gasteiger partial charge in [-0.2, -0.15) is 5.10 Å². The van der Waals surface area contributed by atoms with Crippen LogP contribution in [0, 0.1) is 6.92 Å². The molecule has 4 aromatic heterocycles. The third-order valence-electron chi connectivity index (χ3n) is 4.54. The molecule has 4 heterocycles. The van der Waals surface area contributed by atoms with Crippen molar-refractivity contribution in [1.29, 1.82) is 0 Å². The van der Waals surface area contributed by atoms with Gasteiger partial charge in [0.15, 0.2) is 18.9 Å². The zero-order chi connectivity index (χ0) is 15.8. The average molecular weight is 306 g/mol. The molecule has 0 amide bonds. The van der Waals surface area contributed by atoms with E-state index < -0.39 is 0 Å². The number of fused-ring (bicyclic) bond motifs is 2. The van der Waals surface area contributed by atoms with Gasteiger partial charge in [-0.3, -0.25) is 5.10 Å². The third kappa shape index (κ3) is 2.48. The van der Waals surface area contributed by atoms with Crippen molar-refractivity contribution in [1.82, 2.24) is 19.6 Å². The molecule has 1 N–H and O–H groups in total. The molecule has 0 aliphatic heterocycles. The fourth-order valence-corrected chi connectivity index (χ4v) is 3.25. The second-order valence-electron chi connectivity index (χ2n) is 6.10. The van der Waals surface area contributed by atoms with Crippen molar-refractivity contribution in [3.05, 3.63) is 60.4 Å². The summed E-state index contributed by atoms with van der Waals surface area (Å²) < 4.78 is 4.32. The van der Waals surface area contributed by atoms with Gasteiger partial charge in [-0.1, -0.05) is 6.92 Å². The molecule has 0 aliphatic rings. The van der Waals surface area contributed by atoms with Gasteiger partial charge in [0.05, 0.1) is 17.1 Å². The highest BCUT2D eigenvalue weighted by Gasteiger charge is 2.17. The zero-order valence-electron chi connectivity index (χ0n) is 13.4. The number of aromatic nitrogens is 5. The minimum atomic E-state index is 0.463. The van der Waals surface area contributed by atoms with Crippen molar-refractivity contribution < 1.29 is 4.57 Å². The Kier molecular flexibility index (Phi) is 3.33. The van der Waals surface area contributed by atoms with Gasteiger partial charge in [0, 0.05) is 30.1 Å². The minimum absolute atomic E-state index is 0.463. The Morgan fingerprint density at radius 1 is 1.30 bits per heavy atom. The predicted octanol–water partition coefficient (Wildman–Crippen LogP) is 3.00. The van der Waals surface area contributed by atoms with E-state index in [2.05, 4.69) is 64.3 Å². The molecule has 1 atom stereocenters. The summed E-state index contributed by atoms with van der Waals surface area (Å²) >= 11 is 0. The van der Waals surface area contributed by atoms with Crippen LogP contribution in [-0.4, -0.2) is 19.6 Å². The lowest BCUT2D eigenvalue weighted by molar-refractivity contribution is -0.698. The molecule has 4 rings (SSSR count). The summed E-state index contributed by atoms with van der Waals surface area (Å²) in [6.45, 7) is 5.31. The van der Waals surface area contributed by atoms with E-state index in [1.807, 2.05) is 23.0 Å². The van der Waals surface area contributed by atoms with E-state index in [1.54, 1.807) is 0 Å². The normalized spacial score (nSPS) is 13.0. The Labute approximate surface area is 134 Å². The van der Waals surface area contributed by atoms with Crippen molar-refractivity contribution in [3.8, 4) is 0 Å². The van der Waals surface area contributed by atoms with Gasteiger partial charge < -0.3 is 4.40 Å². The van der Waals surface area contributed by atoms with Crippen molar-refractivity contribution >= 4 is 16.6 Å². The lowest BCUT2D eigenvalue weighted by Crippen LogP contribution is -2.36. The maximum Gasteiger partial charge on any atom is 0.179 e. The Balaban J connectivity index is 1.68. The molecular weight excluding hydrogens is 286 g/mol. The van der Waals surface area contributed by atoms with E-state index in [0.29, 0.717) is 5.92 Å². The average Bonchev–Trinajstić information content (AvgIpc) is 3.20. The number of rotatable bonds is 4. The molecular formula is C18H20N5+. The number of hydrogen-bond donors (Lipinski definition) is 1. The van der Waals surface area contributed by atoms with Crippen LogP contribution in [0.15, 0.2) is 49.3 Å². The second-order valence-corrected chi connectivity index (χ2v) is 6.10. The van der Waals surface area contributed by atoms with Gasteiger partial charge in [-0.15, -0.1) is 0 Å². The Bertz CT molecular complexity index is 966. The van der Waals surface area contributed by atoms with Gasteiger partial charge >= 0.3 is 0 Å². The van der Waals surface area contributed by atoms with Crippen LogP contribution in [-0.2, 0) is 6.54 Å². The SMILES string of the molecule is CCC(C[n+]1cc(C)c2[nH]ncc2c1)c1ccn2ccnc2c1. The maximum absolute atomic E-state index is 4.39. The lowest BCUT2D eigenvalue weighted by atomic mass is 9.97. The van der Waals surface area contributed by atoms with Gasteiger partial charge in [0.1, 0.15) is 5.65 Å². The molecule has 0 saturated carbocycles. The highest BCUT2D eigenvalue weighted by molar-refractivity contribution is 5.78. The summed E-state index contributed by atoms with van der Waals surface area (Å²) in [6, 6.07) is 4.39. The van der Waals surface area contributed by atoms with Crippen LogP contribution < -0.4 is 4.57 Å². The first-order valence-corrected chi connectivity index (χ1v) is 8.00. The summed E-state index contributed by atoms with van der Waals surface area (Å²) in [5, 5.41) is 8.35. The Hall–Kier alpha value is -2.69. The summed E-state index contributed by atoms with van der Waals surface area (Å²) in [4.78, 5) is 4.39. The standard InChI is InChI=1S/C18H19N5/c1-3-14(15-4-6-23-7-5-19-17(23)8-15)11-22-10-13(2)18-16(12-22)9-20-21-18/h4-10,12,14H,3,11H2,1-2H3/p+1. The fourth-order valence-electron chi connectivity index (χ4n) is 3.25.